The normalized spacial score (nSPS) is 30.4. The third-order valence-electron chi connectivity index (χ3n) is 6.62. The Morgan fingerprint density at radius 2 is 1.89 bits per heavy atom. The molecule has 4 bridgehead atoms. The summed E-state index contributed by atoms with van der Waals surface area (Å²) < 4.78 is 5.09. The van der Waals surface area contributed by atoms with Gasteiger partial charge < -0.3 is 9.32 Å². The molecule has 2 heterocycles. The van der Waals surface area contributed by atoms with Gasteiger partial charge >= 0.3 is 0 Å². The molecule has 2 amide bonds. The Morgan fingerprint density at radius 3 is 2.50 bits per heavy atom. The molecular formula is C20H24N4O3S. The van der Waals surface area contributed by atoms with E-state index in [2.05, 4.69) is 15.5 Å². The minimum atomic E-state index is -0.327. The number of hydrogen-bond donors (Lipinski definition) is 1. The van der Waals surface area contributed by atoms with Gasteiger partial charge in [0.25, 0.3) is 5.91 Å². The van der Waals surface area contributed by atoms with Crippen molar-refractivity contribution in [2.45, 2.75) is 43.9 Å². The lowest BCUT2D eigenvalue weighted by atomic mass is 9.50. The zero-order valence-corrected chi connectivity index (χ0v) is 16.7. The average Bonchev–Trinajstić information content (AvgIpc) is 3.32. The van der Waals surface area contributed by atoms with Gasteiger partial charge in [0, 0.05) is 12.5 Å². The average molecular weight is 401 g/mol. The predicted octanol–water partition coefficient (Wildman–Crippen LogP) is 3.31. The fourth-order valence-corrected chi connectivity index (χ4v) is 6.87. The SMILES string of the molecule is CN(CC(=O)Nc1nnc(C23CC4CC(CC(C4)C2)C3)s1)C(=O)c1ccco1. The van der Waals surface area contributed by atoms with E-state index in [9.17, 15) is 9.59 Å². The van der Waals surface area contributed by atoms with Crippen molar-refractivity contribution in [1.29, 1.82) is 0 Å². The molecule has 4 aliphatic rings. The number of nitrogens with one attached hydrogen (secondary N) is 1. The molecule has 28 heavy (non-hydrogen) atoms. The van der Waals surface area contributed by atoms with E-state index in [0.717, 1.165) is 22.8 Å². The first-order valence-corrected chi connectivity index (χ1v) is 10.8. The first-order valence-electron chi connectivity index (χ1n) is 9.93. The molecule has 1 N–H and O–H groups in total. The minimum absolute atomic E-state index is 0.0637. The maximum Gasteiger partial charge on any atom is 0.289 e. The van der Waals surface area contributed by atoms with Gasteiger partial charge in [0.05, 0.1) is 6.26 Å². The van der Waals surface area contributed by atoms with Crippen LogP contribution in [0.3, 0.4) is 0 Å². The quantitative estimate of drug-likeness (QED) is 0.832. The van der Waals surface area contributed by atoms with E-state index < -0.39 is 0 Å². The van der Waals surface area contributed by atoms with Crippen molar-refractivity contribution in [2.24, 2.45) is 17.8 Å². The smallest absolute Gasteiger partial charge is 0.289 e. The molecule has 2 aromatic rings. The Labute approximate surface area is 167 Å². The second-order valence-corrected chi connectivity index (χ2v) is 9.77. The van der Waals surface area contributed by atoms with Crippen LogP contribution in [0.5, 0.6) is 0 Å². The van der Waals surface area contributed by atoms with Crippen LogP contribution in [0.4, 0.5) is 5.13 Å². The number of rotatable bonds is 5. The molecule has 7 nitrogen and oxygen atoms in total. The molecule has 2 aromatic heterocycles. The topological polar surface area (TPSA) is 88.3 Å². The molecule has 0 spiro atoms. The van der Waals surface area contributed by atoms with E-state index in [1.165, 1.54) is 61.0 Å². The third kappa shape index (κ3) is 3.13. The highest BCUT2D eigenvalue weighted by Gasteiger charge is 2.53. The lowest BCUT2D eigenvalue weighted by molar-refractivity contribution is -0.116. The fourth-order valence-electron chi connectivity index (χ4n) is 5.90. The van der Waals surface area contributed by atoms with Crippen LogP contribution in [0.2, 0.25) is 0 Å². The molecule has 0 aromatic carbocycles. The number of hydrogen-bond acceptors (Lipinski definition) is 6. The largest absolute Gasteiger partial charge is 0.459 e. The number of nitrogens with zero attached hydrogens (tertiary/aromatic N) is 3. The minimum Gasteiger partial charge on any atom is -0.459 e. The zero-order chi connectivity index (χ0) is 19.3. The molecule has 0 aliphatic heterocycles. The van der Waals surface area contributed by atoms with Gasteiger partial charge in [0.15, 0.2) is 5.76 Å². The van der Waals surface area contributed by atoms with E-state index >= 15 is 0 Å². The van der Waals surface area contributed by atoms with Crippen molar-refractivity contribution in [3.05, 3.63) is 29.2 Å². The maximum atomic E-state index is 12.4. The lowest BCUT2D eigenvalue weighted by Crippen LogP contribution is -2.48. The summed E-state index contributed by atoms with van der Waals surface area (Å²) in [6.07, 6.45) is 9.27. The monoisotopic (exact) mass is 400 g/mol. The summed E-state index contributed by atoms with van der Waals surface area (Å²) in [6, 6.07) is 3.23. The summed E-state index contributed by atoms with van der Waals surface area (Å²) in [6.45, 7) is -0.0637. The van der Waals surface area contributed by atoms with Gasteiger partial charge in [-0.15, -0.1) is 10.2 Å². The highest BCUT2D eigenvalue weighted by Crippen LogP contribution is 2.61. The molecule has 4 fully saturated rings. The van der Waals surface area contributed by atoms with Crippen LogP contribution in [0.1, 0.15) is 54.1 Å². The Bertz CT molecular complexity index is 856. The van der Waals surface area contributed by atoms with E-state index in [1.807, 2.05) is 0 Å². The lowest BCUT2D eigenvalue weighted by Gasteiger charge is -2.55. The van der Waals surface area contributed by atoms with Crippen molar-refractivity contribution in [2.75, 3.05) is 18.9 Å². The van der Waals surface area contributed by atoms with Gasteiger partial charge in [-0.1, -0.05) is 11.3 Å². The summed E-state index contributed by atoms with van der Waals surface area (Å²) in [5.41, 5.74) is 0.182. The summed E-state index contributed by atoms with van der Waals surface area (Å²) >= 11 is 1.51. The van der Waals surface area contributed by atoms with Crippen LogP contribution in [0.25, 0.3) is 0 Å². The molecule has 148 valence electrons. The van der Waals surface area contributed by atoms with E-state index in [-0.39, 0.29) is 29.5 Å². The third-order valence-corrected chi connectivity index (χ3v) is 7.71. The first kappa shape index (κ1) is 17.8. The van der Waals surface area contributed by atoms with Crippen molar-refractivity contribution in [3.63, 3.8) is 0 Å². The van der Waals surface area contributed by atoms with Crippen LogP contribution >= 0.6 is 11.3 Å². The zero-order valence-electron chi connectivity index (χ0n) is 15.9. The molecule has 0 radical (unpaired) electrons. The van der Waals surface area contributed by atoms with E-state index in [4.69, 9.17) is 4.42 Å². The van der Waals surface area contributed by atoms with Crippen molar-refractivity contribution < 1.29 is 14.0 Å². The van der Waals surface area contributed by atoms with Gasteiger partial charge in [-0.2, -0.15) is 0 Å². The summed E-state index contributed by atoms with van der Waals surface area (Å²) in [7, 11) is 1.57. The van der Waals surface area contributed by atoms with Crippen LogP contribution < -0.4 is 5.32 Å². The Kier molecular flexibility index (Phi) is 4.26. The Balaban J connectivity index is 1.23. The predicted molar refractivity (Wildman–Crippen MR) is 104 cm³/mol. The van der Waals surface area contributed by atoms with Gasteiger partial charge in [-0.25, -0.2) is 0 Å². The molecule has 0 atom stereocenters. The van der Waals surface area contributed by atoms with Gasteiger partial charge in [-0.3, -0.25) is 14.9 Å². The summed E-state index contributed by atoms with van der Waals surface area (Å²) in [5, 5.41) is 13.1. The van der Waals surface area contributed by atoms with Gasteiger partial charge in [-0.05, 0) is 68.4 Å². The highest BCUT2D eigenvalue weighted by atomic mass is 32.1. The Morgan fingerprint density at radius 1 is 1.21 bits per heavy atom. The second kappa shape index (κ2) is 6.69. The number of aromatic nitrogens is 2. The Hall–Kier alpha value is -2.22. The molecule has 8 heteroatoms. The van der Waals surface area contributed by atoms with Gasteiger partial charge in [0.2, 0.25) is 11.0 Å². The van der Waals surface area contributed by atoms with E-state index in [1.54, 1.807) is 19.2 Å². The standard InChI is InChI=1S/C20H24N4O3S/c1-24(17(26)15-3-2-4-27-15)11-16(25)21-19-23-22-18(28-19)20-8-12-5-13(9-20)7-14(6-12)10-20/h2-4,12-14H,5-11H2,1H3,(H,21,23,25). The molecule has 4 aliphatic carbocycles. The van der Waals surface area contributed by atoms with Gasteiger partial charge in [0.1, 0.15) is 11.6 Å². The second-order valence-electron chi connectivity index (χ2n) is 8.80. The van der Waals surface area contributed by atoms with Crippen molar-refractivity contribution >= 4 is 28.3 Å². The maximum absolute atomic E-state index is 12.4. The van der Waals surface area contributed by atoms with Crippen molar-refractivity contribution in [1.82, 2.24) is 15.1 Å². The van der Waals surface area contributed by atoms with E-state index in [0.29, 0.717) is 5.13 Å². The van der Waals surface area contributed by atoms with Crippen LogP contribution in [0, 0.1) is 17.8 Å². The van der Waals surface area contributed by atoms with Crippen LogP contribution in [-0.2, 0) is 10.2 Å². The van der Waals surface area contributed by atoms with Crippen molar-refractivity contribution in [3.8, 4) is 0 Å². The molecule has 6 rings (SSSR count). The number of amides is 2. The first-order chi connectivity index (χ1) is 13.5. The molecular weight excluding hydrogens is 376 g/mol. The fraction of sp³-hybridized carbons (Fsp3) is 0.600. The number of carbonyl (C=O) groups excluding carboxylic acids is 2. The number of anilines is 1. The number of carbonyl (C=O) groups is 2. The number of likely N-dealkylation sites (N-methyl/N-ethyl adjacent to an activating group) is 1. The molecule has 0 unspecified atom stereocenters. The number of furan rings is 1. The molecule has 4 saturated carbocycles. The highest BCUT2D eigenvalue weighted by molar-refractivity contribution is 7.15. The van der Waals surface area contributed by atoms with Crippen LogP contribution in [-0.4, -0.2) is 40.5 Å². The summed E-state index contributed by atoms with van der Waals surface area (Å²) in [4.78, 5) is 25.9. The summed E-state index contributed by atoms with van der Waals surface area (Å²) in [5.74, 6) is 2.14. The molecule has 0 saturated heterocycles. The van der Waals surface area contributed by atoms with Crippen LogP contribution in [0.15, 0.2) is 22.8 Å².